The summed E-state index contributed by atoms with van der Waals surface area (Å²) < 4.78 is 13.5. The number of amides is 2. The molecule has 96 valence electrons. The van der Waals surface area contributed by atoms with Crippen LogP contribution in [0.4, 0.5) is 10.1 Å². The summed E-state index contributed by atoms with van der Waals surface area (Å²) in [7, 11) is 0. The summed E-state index contributed by atoms with van der Waals surface area (Å²) in [5.74, 6) is -1.55. The van der Waals surface area contributed by atoms with Gasteiger partial charge in [0.25, 0.3) is 0 Å². The molecular formula is C12H14FN3O2. The van der Waals surface area contributed by atoms with Crippen LogP contribution in [0, 0.1) is 5.82 Å². The summed E-state index contributed by atoms with van der Waals surface area (Å²) in [4.78, 5) is 22.8. The second kappa shape index (κ2) is 5.14. The third-order valence-corrected chi connectivity index (χ3v) is 2.89. The summed E-state index contributed by atoms with van der Waals surface area (Å²) in [6.07, 6.45) is 1.64. The van der Waals surface area contributed by atoms with Gasteiger partial charge in [-0.25, -0.2) is 4.39 Å². The highest BCUT2D eigenvalue weighted by Gasteiger charge is 2.22. The quantitative estimate of drug-likeness (QED) is 0.736. The van der Waals surface area contributed by atoms with Gasteiger partial charge in [0.05, 0.1) is 11.7 Å². The van der Waals surface area contributed by atoms with Gasteiger partial charge in [0.1, 0.15) is 5.82 Å². The third-order valence-electron chi connectivity index (χ3n) is 2.89. The first-order valence-electron chi connectivity index (χ1n) is 5.71. The number of halogens is 1. The van der Waals surface area contributed by atoms with Crippen LogP contribution in [0.1, 0.15) is 23.2 Å². The Hall–Kier alpha value is -1.95. The molecule has 1 atom stereocenters. The van der Waals surface area contributed by atoms with Crippen molar-refractivity contribution in [3.63, 3.8) is 0 Å². The molecule has 0 unspecified atom stereocenters. The van der Waals surface area contributed by atoms with E-state index in [9.17, 15) is 14.0 Å². The number of anilines is 1. The fourth-order valence-electron chi connectivity index (χ4n) is 1.90. The minimum Gasteiger partial charge on any atom is -0.366 e. The van der Waals surface area contributed by atoms with Crippen molar-refractivity contribution in [3.8, 4) is 0 Å². The lowest BCUT2D eigenvalue weighted by Crippen LogP contribution is -2.35. The number of nitrogens with one attached hydrogen (secondary N) is 2. The zero-order valence-corrected chi connectivity index (χ0v) is 9.70. The first-order valence-corrected chi connectivity index (χ1v) is 5.71. The molecule has 0 spiro atoms. The Labute approximate surface area is 104 Å². The van der Waals surface area contributed by atoms with E-state index in [1.165, 1.54) is 12.1 Å². The average Bonchev–Trinajstić information content (AvgIpc) is 2.85. The summed E-state index contributed by atoms with van der Waals surface area (Å²) in [5, 5.41) is 5.47. The number of hydrogen-bond donors (Lipinski definition) is 3. The first kappa shape index (κ1) is 12.5. The Morgan fingerprint density at radius 2 is 2.22 bits per heavy atom. The van der Waals surface area contributed by atoms with E-state index in [1.807, 2.05) is 0 Å². The Morgan fingerprint density at radius 3 is 2.83 bits per heavy atom. The topological polar surface area (TPSA) is 84.2 Å². The van der Waals surface area contributed by atoms with Crippen molar-refractivity contribution in [1.29, 1.82) is 0 Å². The van der Waals surface area contributed by atoms with E-state index >= 15 is 0 Å². The molecule has 18 heavy (non-hydrogen) atoms. The Balaban J connectivity index is 2.14. The van der Waals surface area contributed by atoms with Crippen molar-refractivity contribution in [2.45, 2.75) is 18.9 Å². The number of carbonyl (C=O) groups excluding carboxylic acids is 2. The summed E-state index contributed by atoms with van der Waals surface area (Å²) in [6, 6.07) is 3.32. The molecule has 0 radical (unpaired) electrons. The van der Waals surface area contributed by atoms with Gasteiger partial charge >= 0.3 is 0 Å². The highest BCUT2D eigenvalue weighted by molar-refractivity contribution is 5.98. The molecule has 1 aliphatic heterocycles. The number of nitrogens with two attached hydrogens (primary N) is 1. The minimum atomic E-state index is -0.663. The highest BCUT2D eigenvalue weighted by atomic mass is 19.1. The van der Waals surface area contributed by atoms with Gasteiger partial charge in [-0.3, -0.25) is 9.59 Å². The lowest BCUT2D eigenvalue weighted by molar-refractivity contribution is -0.117. The van der Waals surface area contributed by atoms with Gasteiger partial charge in [-0.2, -0.15) is 0 Å². The van der Waals surface area contributed by atoms with E-state index < -0.39 is 11.7 Å². The molecule has 1 aromatic carbocycles. The summed E-state index contributed by atoms with van der Waals surface area (Å²) >= 11 is 0. The monoisotopic (exact) mass is 251 g/mol. The SMILES string of the molecule is NC(=O)c1ccc(F)c(NC(=O)[C@H]2CCCN2)c1. The molecule has 6 heteroatoms. The van der Waals surface area contributed by atoms with Crippen LogP contribution in [0.2, 0.25) is 0 Å². The van der Waals surface area contributed by atoms with Gasteiger partial charge in [-0.15, -0.1) is 0 Å². The molecule has 1 saturated heterocycles. The van der Waals surface area contributed by atoms with Crippen LogP contribution in [0.15, 0.2) is 18.2 Å². The molecule has 1 aliphatic rings. The predicted octanol–water partition coefficient (Wildman–Crippen LogP) is 0.615. The van der Waals surface area contributed by atoms with Gasteiger partial charge < -0.3 is 16.4 Å². The molecule has 4 N–H and O–H groups in total. The van der Waals surface area contributed by atoms with E-state index in [-0.39, 0.29) is 23.2 Å². The van der Waals surface area contributed by atoms with Crippen LogP contribution in [0.5, 0.6) is 0 Å². The van der Waals surface area contributed by atoms with Crippen molar-refractivity contribution in [1.82, 2.24) is 5.32 Å². The smallest absolute Gasteiger partial charge is 0.248 e. The van der Waals surface area contributed by atoms with Crippen LogP contribution in [-0.4, -0.2) is 24.4 Å². The van der Waals surface area contributed by atoms with Crippen molar-refractivity contribution in [2.24, 2.45) is 5.73 Å². The van der Waals surface area contributed by atoms with E-state index in [1.54, 1.807) is 0 Å². The largest absolute Gasteiger partial charge is 0.366 e. The van der Waals surface area contributed by atoms with Crippen molar-refractivity contribution < 1.29 is 14.0 Å². The maximum absolute atomic E-state index is 13.5. The molecule has 1 fully saturated rings. The third kappa shape index (κ3) is 2.65. The Bertz CT molecular complexity index is 484. The van der Waals surface area contributed by atoms with Crippen LogP contribution in [0.25, 0.3) is 0 Å². The number of rotatable bonds is 3. The van der Waals surface area contributed by atoms with Crippen molar-refractivity contribution >= 4 is 17.5 Å². The lowest BCUT2D eigenvalue weighted by atomic mass is 10.1. The molecule has 2 rings (SSSR count). The predicted molar refractivity (Wildman–Crippen MR) is 64.6 cm³/mol. The van der Waals surface area contributed by atoms with Crippen molar-refractivity contribution in [2.75, 3.05) is 11.9 Å². The van der Waals surface area contributed by atoms with E-state index in [2.05, 4.69) is 10.6 Å². The fourth-order valence-corrected chi connectivity index (χ4v) is 1.90. The molecular weight excluding hydrogens is 237 g/mol. The maximum Gasteiger partial charge on any atom is 0.248 e. The second-order valence-corrected chi connectivity index (χ2v) is 4.20. The molecule has 0 bridgehead atoms. The van der Waals surface area contributed by atoms with Gasteiger partial charge in [0.2, 0.25) is 11.8 Å². The van der Waals surface area contributed by atoms with Crippen LogP contribution in [0.3, 0.4) is 0 Å². The van der Waals surface area contributed by atoms with E-state index in [4.69, 9.17) is 5.73 Å². The van der Waals surface area contributed by atoms with Crippen LogP contribution < -0.4 is 16.4 Å². The van der Waals surface area contributed by atoms with Crippen LogP contribution in [-0.2, 0) is 4.79 Å². The number of hydrogen-bond acceptors (Lipinski definition) is 3. The maximum atomic E-state index is 13.5. The first-order chi connectivity index (χ1) is 8.58. The number of primary amides is 1. The second-order valence-electron chi connectivity index (χ2n) is 4.20. The summed E-state index contributed by atoms with van der Waals surface area (Å²) in [6.45, 7) is 0.780. The molecule has 2 amide bonds. The molecule has 5 nitrogen and oxygen atoms in total. The lowest BCUT2D eigenvalue weighted by Gasteiger charge is -2.12. The number of carbonyl (C=O) groups is 2. The highest BCUT2D eigenvalue weighted by Crippen LogP contribution is 2.17. The Morgan fingerprint density at radius 1 is 1.44 bits per heavy atom. The zero-order chi connectivity index (χ0) is 13.1. The van der Waals surface area contributed by atoms with E-state index in [0.717, 1.165) is 25.5 Å². The molecule has 1 aromatic rings. The van der Waals surface area contributed by atoms with Crippen LogP contribution >= 0.6 is 0 Å². The summed E-state index contributed by atoms with van der Waals surface area (Å²) in [5.41, 5.74) is 5.23. The average molecular weight is 251 g/mol. The normalized spacial score (nSPS) is 18.6. The fraction of sp³-hybridized carbons (Fsp3) is 0.333. The molecule has 0 saturated carbocycles. The molecule has 0 aromatic heterocycles. The van der Waals surface area contributed by atoms with E-state index in [0.29, 0.717) is 0 Å². The van der Waals surface area contributed by atoms with Gasteiger partial charge in [-0.05, 0) is 37.6 Å². The zero-order valence-electron chi connectivity index (χ0n) is 9.70. The Kier molecular flexibility index (Phi) is 3.57. The number of benzene rings is 1. The van der Waals surface area contributed by atoms with Gasteiger partial charge in [0, 0.05) is 5.56 Å². The molecule has 0 aliphatic carbocycles. The van der Waals surface area contributed by atoms with Gasteiger partial charge in [0.15, 0.2) is 0 Å². The standard InChI is InChI=1S/C12H14FN3O2/c13-8-4-3-7(11(14)17)6-10(8)16-12(18)9-2-1-5-15-9/h3-4,6,9,15H,1-2,5H2,(H2,14,17)(H,16,18)/t9-/m1/s1. The van der Waals surface area contributed by atoms with Gasteiger partial charge in [-0.1, -0.05) is 0 Å². The minimum absolute atomic E-state index is 0.0231. The van der Waals surface area contributed by atoms with Crippen molar-refractivity contribution in [3.05, 3.63) is 29.6 Å². The molecule has 1 heterocycles.